The Balaban J connectivity index is 3.26. The molecule has 0 saturated carbocycles. The molecule has 0 saturated heterocycles. The maximum Gasteiger partial charge on any atom is 0.330 e. The number of anilines is 2. The van der Waals surface area contributed by atoms with Crippen LogP contribution in [-0.2, 0) is 20.9 Å². The molecule has 9 nitrogen and oxygen atoms in total. The van der Waals surface area contributed by atoms with Gasteiger partial charge < -0.3 is 15.4 Å². The SMILES string of the molecule is C/C=C/C(=O)OCC(=O)N(CCCC)c1c(N)n(CCC)c(=O)[nH]c1=O. The molecule has 0 fully saturated rings. The van der Waals surface area contributed by atoms with Gasteiger partial charge in [0.15, 0.2) is 12.3 Å². The standard InChI is InChI=1S/C17H26N4O5/c1-4-7-10-20(12(22)11-26-13(23)8-5-2)14-15(18)21(9-6-3)17(25)19-16(14)24/h5,8H,4,6-7,9-11,18H2,1-3H3,(H,19,24,25)/b8-5+. The van der Waals surface area contributed by atoms with Crippen molar-refractivity contribution < 1.29 is 14.3 Å². The predicted molar refractivity (Wildman–Crippen MR) is 99.1 cm³/mol. The molecule has 0 aromatic carbocycles. The Morgan fingerprint density at radius 1 is 1.27 bits per heavy atom. The number of ether oxygens (including phenoxy) is 1. The molecule has 1 aromatic heterocycles. The van der Waals surface area contributed by atoms with Gasteiger partial charge in [-0.05, 0) is 19.8 Å². The normalized spacial score (nSPS) is 10.9. The monoisotopic (exact) mass is 366 g/mol. The molecule has 1 rings (SSSR count). The van der Waals surface area contributed by atoms with Crippen LogP contribution in [0.5, 0.6) is 0 Å². The molecule has 1 heterocycles. The molecule has 144 valence electrons. The van der Waals surface area contributed by atoms with Crippen LogP contribution in [0.4, 0.5) is 11.5 Å². The van der Waals surface area contributed by atoms with Crippen molar-refractivity contribution in [2.75, 3.05) is 23.8 Å². The number of amides is 1. The molecule has 0 aliphatic carbocycles. The van der Waals surface area contributed by atoms with Crippen LogP contribution in [0.2, 0.25) is 0 Å². The first-order valence-corrected chi connectivity index (χ1v) is 8.59. The number of allylic oxidation sites excluding steroid dienone is 1. The van der Waals surface area contributed by atoms with Crippen molar-refractivity contribution in [3.8, 4) is 0 Å². The molecule has 0 unspecified atom stereocenters. The lowest BCUT2D eigenvalue weighted by atomic mass is 10.2. The number of nitrogens with one attached hydrogen (secondary N) is 1. The second-order valence-corrected chi connectivity index (χ2v) is 5.65. The Labute approximate surface area is 151 Å². The summed E-state index contributed by atoms with van der Waals surface area (Å²) in [7, 11) is 0. The van der Waals surface area contributed by atoms with E-state index in [9.17, 15) is 19.2 Å². The average molecular weight is 366 g/mol. The Morgan fingerprint density at radius 3 is 2.54 bits per heavy atom. The van der Waals surface area contributed by atoms with Gasteiger partial charge in [-0.2, -0.15) is 0 Å². The van der Waals surface area contributed by atoms with E-state index in [0.29, 0.717) is 19.4 Å². The summed E-state index contributed by atoms with van der Waals surface area (Å²) in [5, 5.41) is 0. The Morgan fingerprint density at radius 2 is 1.96 bits per heavy atom. The van der Waals surface area contributed by atoms with E-state index >= 15 is 0 Å². The first-order chi connectivity index (χ1) is 12.4. The van der Waals surface area contributed by atoms with Gasteiger partial charge in [0.25, 0.3) is 11.5 Å². The van der Waals surface area contributed by atoms with E-state index in [2.05, 4.69) is 4.98 Å². The van der Waals surface area contributed by atoms with E-state index in [0.717, 1.165) is 6.42 Å². The van der Waals surface area contributed by atoms with Crippen LogP contribution in [0.15, 0.2) is 21.7 Å². The van der Waals surface area contributed by atoms with Crippen molar-refractivity contribution in [2.24, 2.45) is 0 Å². The van der Waals surface area contributed by atoms with Crippen LogP contribution in [0, 0.1) is 0 Å². The van der Waals surface area contributed by atoms with Crippen molar-refractivity contribution in [2.45, 2.75) is 46.6 Å². The van der Waals surface area contributed by atoms with Gasteiger partial charge in [-0.15, -0.1) is 0 Å². The lowest BCUT2D eigenvalue weighted by molar-refractivity contribution is -0.143. The second kappa shape index (κ2) is 10.2. The van der Waals surface area contributed by atoms with Gasteiger partial charge in [0.1, 0.15) is 5.82 Å². The van der Waals surface area contributed by atoms with Crippen molar-refractivity contribution in [3.05, 3.63) is 33.0 Å². The molecule has 0 bridgehead atoms. The summed E-state index contributed by atoms with van der Waals surface area (Å²) in [6.45, 7) is 5.43. The Hall–Kier alpha value is -2.84. The highest BCUT2D eigenvalue weighted by Crippen LogP contribution is 2.18. The highest BCUT2D eigenvalue weighted by molar-refractivity contribution is 5.97. The summed E-state index contributed by atoms with van der Waals surface area (Å²) in [6.07, 6.45) is 4.69. The number of aromatic amines is 1. The molecule has 9 heteroatoms. The largest absolute Gasteiger partial charge is 0.452 e. The number of rotatable bonds is 9. The quantitative estimate of drug-likeness (QED) is 0.491. The third kappa shape index (κ3) is 5.33. The van der Waals surface area contributed by atoms with Gasteiger partial charge in [0.2, 0.25) is 0 Å². The maximum absolute atomic E-state index is 12.5. The number of hydrogen-bond donors (Lipinski definition) is 2. The molecule has 26 heavy (non-hydrogen) atoms. The lowest BCUT2D eigenvalue weighted by Crippen LogP contribution is -2.43. The summed E-state index contributed by atoms with van der Waals surface area (Å²) in [4.78, 5) is 51.6. The van der Waals surface area contributed by atoms with E-state index in [4.69, 9.17) is 10.5 Å². The third-order valence-electron chi connectivity index (χ3n) is 3.61. The molecule has 1 amide bonds. The molecule has 0 spiro atoms. The van der Waals surface area contributed by atoms with E-state index in [-0.39, 0.29) is 18.1 Å². The Bertz CT molecular complexity index is 778. The van der Waals surface area contributed by atoms with Crippen LogP contribution in [0.1, 0.15) is 40.0 Å². The minimum absolute atomic E-state index is 0.0789. The minimum Gasteiger partial charge on any atom is -0.452 e. The Kier molecular flexibility index (Phi) is 8.33. The molecule has 0 aliphatic heterocycles. The van der Waals surface area contributed by atoms with Gasteiger partial charge in [-0.3, -0.25) is 19.1 Å². The highest BCUT2D eigenvalue weighted by atomic mass is 16.5. The van der Waals surface area contributed by atoms with E-state index < -0.39 is 29.7 Å². The second-order valence-electron chi connectivity index (χ2n) is 5.65. The topological polar surface area (TPSA) is 127 Å². The summed E-state index contributed by atoms with van der Waals surface area (Å²) < 4.78 is 6.09. The summed E-state index contributed by atoms with van der Waals surface area (Å²) in [6, 6.07) is 0. The van der Waals surface area contributed by atoms with Crippen LogP contribution in [0.25, 0.3) is 0 Å². The number of carbonyl (C=O) groups is 2. The smallest absolute Gasteiger partial charge is 0.330 e. The molecule has 3 N–H and O–H groups in total. The highest BCUT2D eigenvalue weighted by Gasteiger charge is 2.24. The first-order valence-electron chi connectivity index (χ1n) is 8.59. The van der Waals surface area contributed by atoms with E-state index in [1.54, 1.807) is 6.92 Å². The number of esters is 1. The summed E-state index contributed by atoms with van der Waals surface area (Å²) in [5.74, 6) is -1.32. The van der Waals surface area contributed by atoms with Crippen molar-refractivity contribution in [1.82, 2.24) is 9.55 Å². The van der Waals surface area contributed by atoms with E-state index in [1.807, 2.05) is 13.8 Å². The van der Waals surface area contributed by atoms with Crippen molar-refractivity contribution >= 4 is 23.4 Å². The molecular weight excluding hydrogens is 340 g/mol. The zero-order valence-corrected chi connectivity index (χ0v) is 15.4. The van der Waals surface area contributed by atoms with E-state index in [1.165, 1.54) is 21.6 Å². The third-order valence-corrected chi connectivity index (χ3v) is 3.61. The number of nitrogens with two attached hydrogens (primary N) is 1. The fraction of sp³-hybridized carbons (Fsp3) is 0.529. The summed E-state index contributed by atoms with van der Waals surface area (Å²) >= 11 is 0. The number of nitrogens with zero attached hydrogens (tertiary/aromatic N) is 2. The van der Waals surface area contributed by atoms with Crippen LogP contribution < -0.4 is 21.9 Å². The molecule has 0 aliphatic rings. The molecular formula is C17H26N4O5. The average Bonchev–Trinajstić information content (AvgIpc) is 2.59. The number of unbranched alkanes of at least 4 members (excludes halogenated alkanes) is 1. The fourth-order valence-electron chi connectivity index (χ4n) is 2.36. The molecule has 0 atom stereocenters. The first kappa shape index (κ1) is 21.2. The zero-order valence-electron chi connectivity index (χ0n) is 15.4. The summed E-state index contributed by atoms with van der Waals surface area (Å²) in [5.41, 5.74) is 4.55. The van der Waals surface area contributed by atoms with Gasteiger partial charge in [-0.25, -0.2) is 9.59 Å². The van der Waals surface area contributed by atoms with Crippen LogP contribution in [-0.4, -0.2) is 34.6 Å². The predicted octanol–water partition coefficient (Wildman–Crippen LogP) is 0.781. The van der Waals surface area contributed by atoms with Crippen molar-refractivity contribution in [3.63, 3.8) is 0 Å². The van der Waals surface area contributed by atoms with Gasteiger partial charge in [-0.1, -0.05) is 26.3 Å². The number of nitrogen functional groups attached to an aromatic ring is 1. The maximum atomic E-state index is 12.5. The van der Waals surface area contributed by atoms with Gasteiger partial charge in [0.05, 0.1) is 0 Å². The van der Waals surface area contributed by atoms with Crippen molar-refractivity contribution in [1.29, 1.82) is 0 Å². The van der Waals surface area contributed by atoms with Gasteiger partial charge >= 0.3 is 11.7 Å². The number of carbonyl (C=O) groups excluding carboxylic acids is 2. The fourth-order valence-corrected chi connectivity index (χ4v) is 2.36. The number of hydrogen-bond acceptors (Lipinski definition) is 6. The molecule has 0 radical (unpaired) electrons. The van der Waals surface area contributed by atoms with Crippen LogP contribution in [0.3, 0.4) is 0 Å². The number of aromatic nitrogens is 2. The lowest BCUT2D eigenvalue weighted by Gasteiger charge is -2.24. The minimum atomic E-state index is -0.746. The number of H-pyrrole nitrogens is 1. The van der Waals surface area contributed by atoms with Crippen LogP contribution >= 0.6 is 0 Å². The molecule has 1 aromatic rings. The zero-order chi connectivity index (χ0) is 19.7. The van der Waals surface area contributed by atoms with Gasteiger partial charge in [0, 0.05) is 19.2 Å².